The molecule has 14 heavy (non-hydrogen) atoms. The van der Waals surface area contributed by atoms with Crippen molar-refractivity contribution >= 4 is 23.1 Å². The summed E-state index contributed by atoms with van der Waals surface area (Å²) in [6.45, 7) is 1.80. The van der Waals surface area contributed by atoms with Gasteiger partial charge in [0.25, 0.3) is 0 Å². The third-order valence-electron chi connectivity index (χ3n) is 1.50. The van der Waals surface area contributed by atoms with Crippen LogP contribution in [-0.4, -0.2) is 30.8 Å². The summed E-state index contributed by atoms with van der Waals surface area (Å²) in [5, 5.41) is 5.67. The molecule has 0 aliphatic heterocycles. The first-order valence-corrected chi connectivity index (χ1v) is 4.96. The van der Waals surface area contributed by atoms with Crippen LogP contribution in [0.15, 0.2) is 22.7 Å². The largest absolute Gasteiger partial charge is 0.435 e. The molecule has 0 atom stereocenters. The van der Waals surface area contributed by atoms with E-state index in [4.69, 9.17) is 0 Å². The summed E-state index contributed by atoms with van der Waals surface area (Å²) >= 11 is 1.56. The van der Waals surface area contributed by atoms with Crippen molar-refractivity contribution in [1.29, 1.82) is 0 Å². The summed E-state index contributed by atoms with van der Waals surface area (Å²) in [7, 11) is 3.22. The van der Waals surface area contributed by atoms with Crippen LogP contribution in [0, 0.1) is 0 Å². The topological polar surface area (TPSA) is 41.9 Å². The average molecular weight is 212 g/mol. The molecular weight excluding hydrogens is 200 g/mol. The van der Waals surface area contributed by atoms with Gasteiger partial charge in [0.1, 0.15) is 0 Å². The summed E-state index contributed by atoms with van der Waals surface area (Å²) < 4.78 is 0. The number of hydrogen-bond donors (Lipinski definition) is 0. The Kier molecular flexibility index (Phi) is 3.64. The molecule has 0 bridgehead atoms. The van der Waals surface area contributed by atoms with E-state index in [9.17, 15) is 4.79 Å². The molecule has 1 heterocycles. The van der Waals surface area contributed by atoms with Crippen LogP contribution in [0.2, 0.25) is 0 Å². The smallest absolute Gasteiger partial charge is 0.312 e. The van der Waals surface area contributed by atoms with Gasteiger partial charge in [-0.2, -0.15) is 0 Å². The van der Waals surface area contributed by atoms with E-state index in [2.05, 4.69) is 9.99 Å². The molecule has 0 saturated heterocycles. The summed E-state index contributed by atoms with van der Waals surface area (Å²) in [5.74, 6) is 0. The summed E-state index contributed by atoms with van der Waals surface area (Å²) in [6, 6.07) is 3.85. The van der Waals surface area contributed by atoms with Crippen LogP contribution < -0.4 is 0 Å². The fourth-order valence-corrected chi connectivity index (χ4v) is 1.39. The zero-order valence-electron chi connectivity index (χ0n) is 8.35. The minimum atomic E-state index is -0.471. The first-order chi connectivity index (χ1) is 6.61. The molecule has 0 radical (unpaired) electrons. The summed E-state index contributed by atoms with van der Waals surface area (Å²) in [5.41, 5.74) is 0.704. The van der Waals surface area contributed by atoms with Crippen molar-refractivity contribution in [1.82, 2.24) is 4.90 Å². The fraction of sp³-hybridized carbons (Fsp3) is 0.333. The van der Waals surface area contributed by atoms with Crippen molar-refractivity contribution in [2.45, 2.75) is 6.92 Å². The van der Waals surface area contributed by atoms with Gasteiger partial charge in [0.15, 0.2) is 0 Å². The summed E-state index contributed by atoms with van der Waals surface area (Å²) in [4.78, 5) is 18.0. The predicted octanol–water partition coefficient (Wildman–Crippen LogP) is 2.17. The van der Waals surface area contributed by atoms with Crippen molar-refractivity contribution in [3.63, 3.8) is 0 Å². The van der Waals surface area contributed by atoms with E-state index in [0.717, 1.165) is 4.88 Å². The molecule has 0 fully saturated rings. The Morgan fingerprint density at radius 1 is 1.57 bits per heavy atom. The van der Waals surface area contributed by atoms with Crippen molar-refractivity contribution in [3.05, 3.63) is 22.4 Å². The van der Waals surface area contributed by atoms with Crippen LogP contribution in [0.5, 0.6) is 0 Å². The van der Waals surface area contributed by atoms with Crippen LogP contribution >= 0.6 is 11.3 Å². The minimum Gasteiger partial charge on any atom is -0.312 e. The maximum atomic E-state index is 11.0. The van der Waals surface area contributed by atoms with Crippen LogP contribution in [0.4, 0.5) is 4.79 Å². The van der Waals surface area contributed by atoms with Gasteiger partial charge in [-0.3, -0.25) is 4.84 Å². The molecule has 4 nitrogen and oxygen atoms in total. The number of nitrogens with zero attached hydrogens (tertiary/aromatic N) is 2. The van der Waals surface area contributed by atoms with E-state index in [1.54, 1.807) is 32.4 Å². The first kappa shape index (κ1) is 10.7. The van der Waals surface area contributed by atoms with Gasteiger partial charge in [0.05, 0.1) is 10.6 Å². The number of carbonyl (C=O) groups excluding carboxylic acids is 1. The second-order valence-electron chi connectivity index (χ2n) is 2.91. The van der Waals surface area contributed by atoms with E-state index in [-0.39, 0.29) is 0 Å². The average Bonchev–Trinajstić information content (AvgIpc) is 2.66. The fourth-order valence-electron chi connectivity index (χ4n) is 0.719. The van der Waals surface area contributed by atoms with Gasteiger partial charge >= 0.3 is 6.09 Å². The molecule has 0 spiro atoms. The maximum Gasteiger partial charge on any atom is 0.435 e. The van der Waals surface area contributed by atoms with Gasteiger partial charge in [-0.05, 0) is 18.4 Å². The highest BCUT2D eigenvalue weighted by atomic mass is 32.1. The van der Waals surface area contributed by atoms with Gasteiger partial charge in [-0.15, -0.1) is 11.3 Å². The standard InChI is InChI=1S/C9H12N2O2S/c1-7(8-5-4-6-14-8)10-13-9(12)11(2)3/h4-6H,1-3H3/b10-7-. The number of rotatable bonds is 2. The number of thiophene rings is 1. The van der Waals surface area contributed by atoms with Gasteiger partial charge in [-0.25, -0.2) is 4.79 Å². The lowest BCUT2D eigenvalue weighted by atomic mass is 10.3. The molecule has 0 unspecified atom stereocenters. The van der Waals surface area contributed by atoms with E-state index in [0.29, 0.717) is 5.71 Å². The second kappa shape index (κ2) is 4.76. The predicted molar refractivity (Wildman–Crippen MR) is 56.7 cm³/mol. The first-order valence-electron chi connectivity index (χ1n) is 4.08. The number of amides is 1. The zero-order chi connectivity index (χ0) is 10.6. The lowest BCUT2D eigenvalue weighted by Gasteiger charge is -2.06. The Morgan fingerprint density at radius 3 is 2.79 bits per heavy atom. The highest BCUT2D eigenvalue weighted by molar-refractivity contribution is 7.12. The highest BCUT2D eigenvalue weighted by Crippen LogP contribution is 2.09. The normalized spacial score (nSPS) is 11.2. The van der Waals surface area contributed by atoms with E-state index in [1.165, 1.54) is 4.90 Å². The van der Waals surface area contributed by atoms with Gasteiger partial charge in [0, 0.05) is 14.1 Å². The van der Waals surface area contributed by atoms with Crippen LogP contribution in [0.25, 0.3) is 0 Å². The minimum absolute atomic E-state index is 0.471. The van der Waals surface area contributed by atoms with Gasteiger partial charge in [-0.1, -0.05) is 11.2 Å². The number of hydrogen-bond acceptors (Lipinski definition) is 4. The molecule has 1 aromatic rings. The van der Waals surface area contributed by atoms with E-state index < -0.39 is 6.09 Å². The monoisotopic (exact) mass is 212 g/mol. The van der Waals surface area contributed by atoms with Crippen LogP contribution in [0.1, 0.15) is 11.8 Å². The Morgan fingerprint density at radius 2 is 2.29 bits per heavy atom. The van der Waals surface area contributed by atoms with E-state index >= 15 is 0 Å². The van der Waals surface area contributed by atoms with E-state index in [1.807, 2.05) is 17.5 Å². The van der Waals surface area contributed by atoms with Gasteiger partial charge < -0.3 is 4.90 Å². The SMILES string of the molecule is C/C(=N/OC(=O)N(C)C)c1cccs1. The third kappa shape index (κ3) is 2.85. The van der Waals surface area contributed by atoms with Crippen molar-refractivity contribution in [3.8, 4) is 0 Å². The molecule has 0 N–H and O–H groups in total. The number of carbonyl (C=O) groups is 1. The van der Waals surface area contributed by atoms with Crippen LogP contribution in [-0.2, 0) is 4.84 Å². The zero-order valence-corrected chi connectivity index (χ0v) is 9.17. The second-order valence-corrected chi connectivity index (χ2v) is 3.85. The van der Waals surface area contributed by atoms with Crippen LogP contribution in [0.3, 0.4) is 0 Å². The van der Waals surface area contributed by atoms with Crippen molar-refractivity contribution in [2.75, 3.05) is 14.1 Å². The van der Waals surface area contributed by atoms with Crippen molar-refractivity contribution < 1.29 is 9.63 Å². The molecule has 0 aromatic carbocycles. The Balaban J connectivity index is 2.58. The lowest BCUT2D eigenvalue weighted by Crippen LogP contribution is -2.21. The molecule has 0 saturated carbocycles. The highest BCUT2D eigenvalue weighted by Gasteiger charge is 2.05. The molecule has 1 rings (SSSR count). The lowest BCUT2D eigenvalue weighted by molar-refractivity contribution is 0.122. The Hall–Kier alpha value is -1.36. The molecule has 1 amide bonds. The Bertz CT molecular complexity index is 331. The molecule has 1 aromatic heterocycles. The number of oxime groups is 1. The Labute approximate surface area is 86.8 Å². The summed E-state index contributed by atoms with van der Waals surface area (Å²) in [6.07, 6.45) is -0.471. The third-order valence-corrected chi connectivity index (χ3v) is 2.48. The molecule has 0 aliphatic carbocycles. The molecule has 0 aliphatic rings. The molecule has 76 valence electrons. The van der Waals surface area contributed by atoms with Crippen molar-refractivity contribution in [2.24, 2.45) is 5.16 Å². The maximum absolute atomic E-state index is 11.0. The quantitative estimate of drug-likeness (QED) is 0.428. The molecule has 5 heteroatoms. The molecular formula is C9H12N2O2S. The van der Waals surface area contributed by atoms with Gasteiger partial charge in [0.2, 0.25) is 0 Å².